The van der Waals surface area contributed by atoms with Crippen molar-refractivity contribution in [1.29, 1.82) is 0 Å². The number of hydrogen-bond donors (Lipinski definition) is 2. The van der Waals surface area contributed by atoms with Crippen LogP contribution in [0.2, 0.25) is 0 Å². The lowest BCUT2D eigenvalue weighted by Crippen LogP contribution is -2.43. The van der Waals surface area contributed by atoms with Gasteiger partial charge in [0.25, 0.3) is 0 Å². The molecule has 1 unspecified atom stereocenters. The van der Waals surface area contributed by atoms with Crippen molar-refractivity contribution in [2.24, 2.45) is 0 Å². The Morgan fingerprint density at radius 1 is 1.50 bits per heavy atom. The zero-order valence-electron chi connectivity index (χ0n) is 10.3. The minimum atomic E-state index is -0.694. The monoisotopic (exact) mass is 243 g/mol. The normalized spacial score (nSPS) is 26.5. The lowest BCUT2D eigenvalue weighted by atomic mass is 10.0. The highest BCUT2D eigenvalue weighted by molar-refractivity contribution is 7.99. The second-order valence-electron chi connectivity index (χ2n) is 4.47. The van der Waals surface area contributed by atoms with E-state index in [0.29, 0.717) is 6.54 Å². The first-order chi connectivity index (χ1) is 7.48. The predicted octanol–water partition coefficient (Wildman–Crippen LogP) is 1.72. The van der Waals surface area contributed by atoms with Gasteiger partial charge in [-0.15, -0.1) is 0 Å². The number of hydrogen-bond acceptors (Lipinski definition) is 3. The molecule has 2 N–H and O–H groups in total. The summed E-state index contributed by atoms with van der Waals surface area (Å²) in [6.45, 7) is 6.21. The van der Waals surface area contributed by atoms with Crippen LogP contribution in [0.3, 0.4) is 0 Å². The number of carbonyl (C=O) groups is 1. The Hall–Kier alpha value is -0.480. The third-order valence-corrected chi connectivity index (χ3v) is 4.41. The molecule has 0 aliphatic carbocycles. The van der Waals surface area contributed by atoms with Crippen LogP contribution < -0.4 is 5.32 Å². The molecule has 0 aromatic heterocycles. The molecule has 1 atom stereocenters. The number of amides is 1. The lowest BCUT2D eigenvalue weighted by molar-refractivity contribution is -0.118. The Labute approximate surface area is 102 Å². The van der Waals surface area contributed by atoms with E-state index >= 15 is 0 Å². The van der Waals surface area contributed by atoms with E-state index in [9.17, 15) is 9.90 Å². The molecule has 92 valence electrons. The van der Waals surface area contributed by atoms with Crippen LogP contribution >= 0.6 is 11.8 Å². The summed E-state index contributed by atoms with van der Waals surface area (Å²) in [6.07, 6.45) is 1.66. The second-order valence-corrected chi connectivity index (χ2v) is 5.57. The van der Waals surface area contributed by atoms with Crippen molar-refractivity contribution >= 4 is 17.7 Å². The van der Waals surface area contributed by atoms with Crippen LogP contribution in [-0.2, 0) is 4.79 Å². The minimum absolute atomic E-state index is 0.0512. The molecule has 1 heterocycles. The van der Waals surface area contributed by atoms with Crippen molar-refractivity contribution in [3.8, 4) is 0 Å². The molecule has 16 heavy (non-hydrogen) atoms. The molecule has 0 saturated carbocycles. The first-order valence-corrected chi connectivity index (χ1v) is 6.88. The average molecular weight is 243 g/mol. The van der Waals surface area contributed by atoms with E-state index in [4.69, 9.17) is 0 Å². The fraction of sp³-hybridized carbons (Fsp3) is 0.750. The fourth-order valence-electron chi connectivity index (χ4n) is 1.57. The number of allylic oxidation sites excluding steroid dienone is 1. The molecule has 1 fully saturated rings. The third kappa shape index (κ3) is 3.52. The highest BCUT2D eigenvalue weighted by Crippen LogP contribution is 2.27. The van der Waals surface area contributed by atoms with Gasteiger partial charge in [0.15, 0.2) is 0 Å². The molecule has 0 radical (unpaired) electrons. The number of thioether (sulfide) groups is 1. The first kappa shape index (κ1) is 13.6. The lowest BCUT2D eigenvalue weighted by Gasteiger charge is -2.21. The average Bonchev–Trinajstić information content (AvgIpc) is 2.71. The smallest absolute Gasteiger partial charge is 0.246 e. The van der Waals surface area contributed by atoms with Gasteiger partial charge in [-0.25, -0.2) is 0 Å². The minimum Gasteiger partial charge on any atom is -0.387 e. The maximum Gasteiger partial charge on any atom is 0.246 e. The quantitative estimate of drug-likeness (QED) is 0.739. The number of aliphatic hydroxyl groups is 1. The molecule has 0 aromatic carbocycles. The number of rotatable bonds is 4. The van der Waals surface area contributed by atoms with Crippen LogP contribution in [0.5, 0.6) is 0 Å². The van der Waals surface area contributed by atoms with Gasteiger partial charge in [0.05, 0.1) is 5.60 Å². The molecule has 1 rings (SSSR count). The SMILES string of the molecule is CCC(C)=C(C)C(=O)NCC1(O)CCSC1. The Morgan fingerprint density at radius 3 is 2.69 bits per heavy atom. The van der Waals surface area contributed by atoms with Crippen LogP contribution in [0.1, 0.15) is 33.6 Å². The molecular weight excluding hydrogens is 222 g/mol. The van der Waals surface area contributed by atoms with E-state index in [-0.39, 0.29) is 5.91 Å². The van der Waals surface area contributed by atoms with Crippen molar-refractivity contribution < 1.29 is 9.90 Å². The Kier molecular flexibility index (Phi) is 4.87. The summed E-state index contributed by atoms with van der Waals surface area (Å²) < 4.78 is 0. The van der Waals surface area contributed by atoms with Crippen molar-refractivity contribution in [3.63, 3.8) is 0 Å². The first-order valence-electron chi connectivity index (χ1n) is 5.73. The summed E-state index contributed by atoms with van der Waals surface area (Å²) in [6, 6.07) is 0. The van der Waals surface area contributed by atoms with Gasteiger partial charge in [-0.2, -0.15) is 11.8 Å². The van der Waals surface area contributed by atoms with Gasteiger partial charge in [-0.05, 0) is 32.4 Å². The summed E-state index contributed by atoms with van der Waals surface area (Å²) in [5.74, 6) is 1.66. The molecule has 4 heteroatoms. The van der Waals surface area contributed by atoms with Crippen LogP contribution in [0.4, 0.5) is 0 Å². The van der Waals surface area contributed by atoms with Gasteiger partial charge >= 0.3 is 0 Å². The summed E-state index contributed by atoms with van der Waals surface area (Å²) in [5, 5.41) is 12.9. The van der Waals surface area contributed by atoms with Crippen molar-refractivity contribution in [2.45, 2.75) is 39.2 Å². The van der Waals surface area contributed by atoms with Gasteiger partial charge in [0.2, 0.25) is 5.91 Å². The molecule has 1 aliphatic heterocycles. The molecule has 0 bridgehead atoms. The van der Waals surface area contributed by atoms with Crippen molar-refractivity contribution in [2.75, 3.05) is 18.1 Å². The summed E-state index contributed by atoms with van der Waals surface area (Å²) >= 11 is 1.74. The van der Waals surface area contributed by atoms with E-state index in [1.165, 1.54) is 0 Å². The van der Waals surface area contributed by atoms with E-state index in [1.807, 2.05) is 20.8 Å². The molecule has 1 aliphatic rings. The van der Waals surface area contributed by atoms with Crippen molar-refractivity contribution in [3.05, 3.63) is 11.1 Å². The van der Waals surface area contributed by atoms with Gasteiger partial charge < -0.3 is 10.4 Å². The Bertz CT molecular complexity index is 293. The zero-order chi connectivity index (χ0) is 12.2. The summed E-state index contributed by atoms with van der Waals surface area (Å²) in [5.41, 5.74) is 1.18. The van der Waals surface area contributed by atoms with E-state index in [1.54, 1.807) is 11.8 Å². The highest BCUT2D eigenvalue weighted by atomic mass is 32.2. The second kappa shape index (κ2) is 5.73. The zero-order valence-corrected chi connectivity index (χ0v) is 11.1. The standard InChI is InChI=1S/C12H21NO2S/c1-4-9(2)10(3)11(14)13-7-12(15)5-6-16-8-12/h15H,4-8H2,1-3H3,(H,13,14). The summed E-state index contributed by atoms with van der Waals surface area (Å²) in [4.78, 5) is 11.8. The van der Waals surface area contributed by atoms with Gasteiger partial charge in [-0.1, -0.05) is 12.5 Å². The topological polar surface area (TPSA) is 49.3 Å². The molecule has 0 aromatic rings. The Balaban J connectivity index is 2.46. The van der Waals surface area contributed by atoms with Crippen LogP contribution in [0, 0.1) is 0 Å². The van der Waals surface area contributed by atoms with E-state index in [2.05, 4.69) is 5.32 Å². The maximum absolute atomic E-state index is 11.8. The highest BCUT2D eigenvalue weighted by Gasteiger charge is 2.32. The molecule has 0 spiro atoms. The fourth-order valence-corrected chi connectivity index (χ4v) is 2.87. The largest absolute Gasteiger partial charge is 0.387 e. The number of carbonyl (C=O) groups excluding carboxylic acids is 1. The van der Waals surface area contributed by atoms with Gasteiger partial charge in [-0.3, -0.25) is 4.79 Å². The maximum atomic E-state index is 11.8. The van der Waals surface area contributed by atoms with Crippen LogP contribution in [-0.4, -0.2) is 34.7 Å². The Morgan fingerprint density at radius 2 is 2.19 bits per heavy atom. The predicted molar refractivity (Wildman–Crippen MR) is 68.6 cm³/mol. The van der Waals surface area contributed by atoms with Gasteiger partial charge in [0, 0.05) is 17.9 Å². The molecule has 1 amide bonds. The third-order valence-electron chi connectivity index (χ3n) is 3.17. The van der Waals surface area contributed by atoms with Crippen LogP contribution in [0.15, 0.2) is 11.1 Å². The van der Waals surface area contributed by atoms with Crippen molar-refractivity contribution in [1.82, 2.24) is 5.32 Å². The molecular formula is C12H21NO2S. The van der Waals surface area contributed by atoms with E-state index < -0.39 is 5.60 Å². The summed E-state index contributed by atoms with van der Waals surface area (Å²) in [7, 11) is 0. The molecule has 1 saturated heterocycles. The number of nitrogens with one attached hydrogen (secondary N) is 1. The van der Waals surface area contributed by atoms with E-state index in [0.717, 1.165) is 35.5 Å². The molecule has 3 nitrogen and oxygen atoms in total. The van der Waals surface area contributed by atoms with Crippen LogP contribution in [0.25, 0.3) is 0 Å². The van der Waals surface area contributed by atoms with Gasteiger partial charge in [0.1, 0.15) is 0 Å².